The van der Waals surface area contributed by atoms with Crippen molar-refractivity contribution in [2.75, 3.05) is 6.54 Å². The van der Waals surface area contributed by atoms with Gasteiger partial charge in [-0.15, -0.1) is 0 Å². The monoisotopic (exact) mass is 234 g/mol. The van der Waals surface area contributed by atoms with Gasteiger partial charge < -0.3 is 5.32 Å². The van der Waals surface area contributed by atoms with Crippen LogP contribution in [-0.4, -0.2) is 22.2 Å². The fourth-order valence-electron chi connectivity index (χ4n) is 1.59. The van der Waals surface area contributed by atoms with E-state index in [0.717, 1.165) is 18.5 Å². The second-order valence-electron chi connectivity index (χ2n) is 3.86. The average Bonchev–Trinajstić information content (AvgIpc) is 2.70. The van der Waals surface area contributed by atoms with Gasteiger partial charge >= 0.3 is 0 Å². The Labute approximate surface area is 101 Å². The van der Waals surface area contributed by atoms with Crippen molar-refractivity contribution in [3.05, 3.63) is 17.5 Å². The van der Waals surface area contributed by atoms with Gasteiger partial charge in [-0.1, -0.05) is 0 Å². The molecule has 92 valence electrons. The molecule has 5 heteroatoms. The lowest BCUT2D eigenvalue weighted by molar-refractivity contribution is 0.0942. The zero-order chi connectivity index (χ0) is 12.7. The number of hydrogen-bond acceptors (Lipinski definition) is 3. The minimum Gasteiger partial charge on any atom is -0.351 e. The third-order valence-electron chi connectivity index (χ3n) is 2.44. The molecule has 0 unspecified atom stereocenters. The second-order valence-corrected chi connectivity index (χ2v) is 3.86. The maximum Gasteiger partial charge on any atom is 0.269 e. The lowest BCUT2D eigenvalue weighted by atomic mass is 10.2. The molecular weight excluding hydrogens is 216 g/mol. The summed E-state index contributed by atoms with van der Waals surface area (Å²) in [6, 6.07) is 3.87. The van der Waals surface area contributed by atoms with Gasteiger partial charge in [-0.3, -0.25) is 9.48 Å². The Morgan fingerprint density at radius 3 is 3.00 bits per heavy atom. The van der Waals surface area contributed by atoms with Crippen LogP contribution in [0.1, 0.15) is 42.4 Å². The normalized spacial score (nSPS) is 9.94. The predicted molar refractivity (Wildman–Crippen MR) is 64.4 cm³/mol. The van der Waals surface area contributed by atoms with E-state index in [9.17, 15) is 4.79 Å². The first kappa shape index (κ1) is 13.2. The van der Waals surface area contributed by atoms with Crippen molar-refractivity contribution in [3.63, 3.8) is 0 Å². The van der Waals surface area contributed by atoms with Crippen LogP contribution in [0.2, 0.25) is 0 Å². The largest absolute Gasteiger partial charge is 0.351 e. The number of nitrogens with one attached hydrogen (secondary N) is 1. The van der Waals surface area contributed by atoms with E-state index >= 15 is 0 Å². The van der Waals surface area contributed by atoms with Gasteiger partial charge in [0.15, 0.2) is 0 Å². The topological polar surface area (TPSA) is 70.7 Å². The van der Waals surface area contributed by atoms with Crippen LogP contribution in [0, 0.1) is 18.3 Å². The molecule has 0 spiro atoms. The highest BCUT2D eigenvalue weighted by Gasteiger charge is 2.11. The first-order chi connectivity index (χ1) is 8.19. The Morgan fingerprint density at radius 2 is 2.35 bits per heavy atom. The number of aromatic nitrogens is 2. The van der Waals surface area contributed by atoms with Crippen molar-refractivity contribution in [1.29, 1.82) is 5.26 Å². The summed E-state index contributed by atoms with van der Waals surface area (Å²) in [5.41, 5.74) is 1.45. The molecule has 0 aromatic carbocycles. The van der Waals surface area contributed by atoms with Crippen LogP contribution in [-0.2, 0) is 6.54 Å². The van der Waals surface area contributed by atoms with Crippen molar-refractivity contribution in [2.45, 2.75) is 39.7 Å². The van der Waals surface area contributed by atoms with Crippen LogP contribution < -0.4 is 5.32 Å². The molecule has 0 fully saturated rings. The molecule has 1 N–H and O–H groups in total. The lowest BCUT2D eigenvalue weighted by Crippen LogP contribution is -2.27. The molecular formula is C12H18N4O. The minimum absolute atomic E-state index is 0.0931. The van der Waals surface area contributed by atoms with Gasteiger partial charge in [0, 0.05) is 19.5 Å². The highest BCUT2D eigenvalue weighted by Crippen LogP contribution is 2.03. The molecule has 0 aliphatic heterocycles. The van der Waals surface area contributed by atoms with Gasteiger partial charge in [-0.25, -0.2) is 0 Å². The molecule has 1 aromatic rings. The molecule has 1 amide bonds. The molecule has 0 saturated heterocycles. The average molecular weight is 234 g/mol. The molecule has 1 heterocycles. The van der Waals surface area contributed by atoms with E-state index in [-0.39, 0.29) is 5.91 Å². The maximum absolute atomic E-state index is 11.8. The number of aryl methyl sites for hydroxylation is 2. The van der Waals surface area contributed by atoms with Crippen molar-refractivity contribution in [2.24, 2.45) is 0 Å². The quantitative estimate of drug-likeness (QED) is 0.760. The summed E-state index contributed by atoms with van der Waals surface area (Å²) in [4.78, 5) is 11.8. The molecule has 0 bridgehead atoms. The summed E-state index contributed by atoms with van der Waals surface area (Å²) in [5, 5.41) is 15.4. The Morgan fingerprint density at radius 1 is 1.59 bits per heavy atom. The molecule has 0 aliphatic rings. The molecule has 17 heavy (non-hydrogen) atoms. The Balaban J connectivity index is 2.44. The number of carbonyl (C=O) groups is 1. The van der Waals surface area contributed by atoms with Gasteiger partial charge in [0.25, 0.3) is 5.91 Å². The molecule has 0 saturated carbocycles. The number of amides is 1. The van der Waals surface area contributed by atoms with Gasteiger partial charge in [0.1, 0.15) is 5.69 Å². The van der Waals surface area contributed by atoms with E-state index in [1.165, 1.54) is 0 Å². The van der Waals surface area contributed by atoms with Gasteiger partial charge in [-0.2, -0.15) is 10.4 Å². The smallest absolute Gasteiger partial charge is 0.269 e. The van der Waals surface area contributed by atoms with Crippen molar-refractivity contribution in [1.82, 2.24) is 15.1 Å². The van der Waals surface area contributed by atoms with Crippen LogP contribution in [0.4, 0.5) is 0 Å². The SMILES string of the molecule is CCn1nc(C)cc1C(=O)NCCCCC#N. The minimum atomic E-state index is -0.0931. The van der Waals surface area contributed by atoms with E-state index in [0.29, 0.717) is 25.2 Å². The number of unbranched alkanes of at least 4 members (excludes halogenated alkanes) is 2. The number of carbonyl (C=O) groups excluding carboxylic acids is 1. The Kier molecular flexibility index (Phi) is 5.21. The van der Waals surface area contributed by atoms with E-state index in [1.54, 1.807) is 10.7 Å². The molecule has 0 atom stereocenters. The summed E-state index contributed by atoms with van der Waals surface area (Å²) in [6.07, 6.45) is 2.20. The third kappa shape index (κ3) is 3.91. The van der Waals surface area contributed by atoms with Gasteiger partial charge in [0.05, 0.1) is 11.8 Å². The van der Waals surface area contributed by atoms with E-state index in [1.807, 2.05) is 13.8 Å². The number of nitrogens with zero attached hydrogens (tertiary/aromatic N) is 3. The van der Waals surface area contributed by atoms with Crippen LogP contribution >= 0.6 is 0 Å². The Hall–Kier alpha value is -1.83. The summed E-state index contributed by atoms with van der Waals surface area (Å²) < 4.78 is 1.69. The lowest BCUT2D eigenvalue weighted by Gasteiger charge is -2.05. The second kappa shape index (κ2) is 6.69. The van der Waals surface area contributed by atoms with E-state index in [4.69, 9.17) is 5.26 Å². The zero-order valence-corrected chi connectivity index (χ0v) is 10.4. The van der Waals surface area contributed by atoms with Crippen LogP contribution in [0.15, 0.2) is 6.07 Å². The van der Waals surface area contributed by atoms with Crippen molar-refractivity contribution in [3.8, 4) is 6.07 Å². The molecule has 1 rings (SSSR count). The zero-order valence-electron chi connectivity index (χ0n) is 10.4. The fraction of sp³-hybridized carbons (Fsp3) is 0.583. The highest BCUT2D eigenvalue weighted by molar-refractivity contribution is 5.92. The standard InChI is InChI=1S/C12H18N4O/c1-3-16-11(9-10(2)15-16)12(17)14-8-6-4-5-7-13/h9H,3-6,8H2,1-2H3,(H,14,17). The van der Waals surface area contributed by atoms with Crippen LogP contribution in [0.3, 0.4) is 0 Å². The molecule has 0 radical (unpaired) electrons. The van der Waals surface area contributed by atoms with E-state index in [2.05, 4.69) is 16.5 Å². The highest BCUT2D eigenvalue weighted by atomic mass is 16.2. The number of hydrogen-bond donors (Lipinski definition) is 1. The summed E-state index contributed by atoms with van der Waals surface area (Å²) >= 11 is 0. The summed E-state index contributed by atoms with van der Waals surface area (Å²) in [6.45, 7) is 5.12. The maximum atomic E-state index is 11.8. The third-order valence-corrected chi connectivity index (χ3v) is 2.44. The van der Waals surface area contributed by atoms with Gasteiger partial charge in [-0.05, 0) is 32.8 Å². The van der Waals surface area contributed by atoms with Crippen molar-refractivity contribution < 1.29 is 4.79 Å². The Bertz CT molecular complexity index is 417. The molecule has 0 aliphatic carbocycles. The predicted octanol–water partition coefficient (Wildman–Crippen LogP) is 1.64. The summed E-state index contributed by atoms with van der Waals surface area (Å²) in [5.74, 6) is -0.0931. The van der Waals surface area contributed by atoms with Crippen molar-refractivity contribution >= 4 is 5.91 Å². The first-order valence-corrected chi connectivity index (χ1v) is 5.88. The van der Waals surface area contributed by atoms with Crippen LogP contribution in [0.5, 0.6) is 0 Å². The van der Waals surface area contributed by atoms with Gasteiger partial charge in [0.2, 0.25) is 0 Å². The fourth-order valence-corrected chi connectivity index (χ4v) is 1.59. The van der Waals surface area contributed by atoms with E-state index < -0.39 is 0 Å². The number of nitriles is 1. The molecule has 5 nitrogen and oxygen atoms in total. The first-order valence-electron chi connectivity index (χ1n) is 5.88. The number of rotatable bonds is 6. The summed E-state index contributed by atoms with van der Waals surface area (Å²) in [7, 11) is 0. The van der Waals surface area contributed by atoms with Crippen LogP contribution in [0.25, 0.3) is 0 Å². The molecule has 1 aromatic heterocycles.